The van der Waals surface area contributed by atoms with E-state index in [1.807, 2.05) is 102 Å². The van der Waals surface area contributed by atoms with Gasteiger partial charge in [0, 0.05) is 46.9 Å². The molecule has 0 amide bonds. The van der Waals surface area contributed by atoms with Crippen LogP contribution in [0, 0.1) is 0 Å². The van der Waals surface area contributed by atoms with E-state index in [0.717, 1.165) is 38.1 Å². The van der Waals surface area contributed by atoms with E-state index in [-0.39, 0.29) is 30.5 Å². The van der Waals surface area contributed by atoms with Gasteiger partial charge < -0.3 is 15.6 Å². The van der Waals surface area contributed by atoms with Gasteiger partial charge in [-0.05, 0) is 6.92 Å². The number of carbonyl (C=O) groups excluding carboxylic acids is 3. The van der Waals surface area contributed by atoms with Gasteiger partial charge in [-0.25, -0.2) is 9.97 Å². The molecule has 2 aromatic heterocycles. The van der Waals surface area contributed by atoms with Crippen molar-refractivity contribution in [2.24, 2.45) is 5.73 Å². The molecule has 3 N–H and O–H groups in total. The monoisotopic (exact) mass is 709 g/mol. The minimum atomic E-state index is -0.541. The Bertz CT molecular complexity index is 1650. The van der Waals surface area contributed by atoms with Crippen LogP contribution in [0.3, 0.4) is 0 Å². The zero-order chi connectivity index (χ0) is 34.4. The van der Waals surface area contributed by atoms with E-state index in [4.69, 9.17) is 34.7 Å². The molecule has 12 heteroatoms. The largest absolute Gasteiger partial charge is 0.469 e. The summed E-state index contributed by atoms with van der Waals surface area (Å²) in [6.07, 6.45) is 0.854. The summed E-state index contributed by atoms with van der Waals surface area (Å²) in [4.78, 5) is 40.9. The molecule has 5 rings (SSSR count). The van der Waals surface area contributed by atoms with Crippen LogP contribution in [0.5, 0.6) is 0 Å². The topological polar surface area (TPSA) is 132 Å². The van der Waals surface area contributed by atoms with Crippen molar-refractivity contribution in [3.63, 3.8) is 0 Å². The third-order valence-electron chi connectivity index (χ3n) is 5.72. The maximum absolute atomic E-state index is 10.9. The lowest BCUT2D eigenvalue weighted by molar-refractivity contribution is -0.142. The number of halogens is 1. The fraction of sp³-hybridized carbons (Fsp3) is 0.200. The zero-order valence-corrected chi connectivity index (χ0v) is 29.2. The normalized spacial score (nSPS) is 9.70. The molecule has 0 radical (unpaired) electrons. The number of benzene rings is 3. The number of ketones is 2. The first kappa shape index (κ1) is 39.1. The predicted molar refractivity (Wildman–Crippen MR) is 195 cm³/mol. The molecule has 0 aliphatic carbocycles. The molecule has 0 atom stereocenters. The Hall–Kier alpha value is -4.13. The van der Waals surface area contributed by atoms with Crippen LogP contribution >= 0.6 is 46.5 Å². The predicted octanol–water partition coefficient (Wildman–Crippen LogP) is 6.96. The van der Waals surface area contributed by atoms with E-state index in [1.54, 1.807) is 29.6 Å². The average Bonchev–Trinajstić information content (AvgIpc) is 3.77. The number of rotatable bonds is 10. The summed E-state index contributed by atoms with van der Waals surface area (Å²) in [6.45, 7) is 1.75. The smallest absolute Gasteiger partial charge is 0.313 e. The molecule has 2 heterocycles. The summed E-state index contributed by atoms with van der Waals surface area (Å²) >= 11 is 13.0. The molecule has 0 aliphatic rings. The number of carbonyl (C=O) groups is 3. The fourth-order valence-corrected chi connectivity index (χ4v) is 5.41. The van der Waals surface area contributed by atoms with E-state index in [2.05, 4.69) is 14.7 Å². The number of alkyl halides is 1. The highest BCUT2D eigenvalue weighted by Gasteiger charge is 2.07. The van der Waals surface area contributed by atoms with Gasteiger partial charge in [0.1, 0.15) is 27.2 Å². The van der Waals surface area contributed by atoms with E-state index < -0.39 is 5.97 Å². The number of ether oxygens (including phenoxy) is 1. The summed E-state index contributed by atoms with van der Waals surface area (Å²) in [5.41, 5.74) is 10.4. The molecule has 0 fully saturated rings. The quantitative estimate of drug-likeness (QED) is 0.0683. The Kier molecular flexibility index (Phi) is 18.6. The molecule has 8 nitrogen and oxygen atoms in total. The minimum absolute atomic E-state index is 0.130. The number of thiocarbonyl (C=S) groups is 1. The van der Waals surface area contributed by atoms with Crippen molar-refractivity contribution in [2.45, 2.75) is 26.2 Å². The number of Topliss-reactive ketones (excluding diaryl/α,β-unsaturated/α-hetero) is 2. The van der Waals surface area contributed by atoms with Crippen molar-refractivity contribution in [3.05, 3.63) is 119 Å². The molecule has 0 unspecified atom stereocenters. The molecule has 246 valence electrons. The number of aliphatic hydroxyl groups excluding tert-OH is 1. The van der Waals surface area contributed by atoms with Crippen LogP contribution in [0.15, 0.2) is 102 Å². The number of aromatic nitrogens is 2. The Morgan fingerprint density at radius 1 is 0.830 bits per heavy atom. The van der Waals surface area contributed by atoms with Crippen molar-refractivity contribution in [1.82, 2.24) is 9.97 Å². The summed E-state index contributed by atoms with van der Waals surface area (Å²) in [5, 5.41) is 14.7. The Morgan fingerprint density at radius 3 is 1.70 bits per heavy atom. The molecule has 47 heavy (non-hydrogen) atoms. The number of aliphatic hydroxyl groups is 1. The van der Waals surface area contributed by atoms with Crippen LogP contribution in [0.4, 0.5) is 0 Å². The van der Waals surface area contributed by atoms with Crippen LogP contribution in [0.25, 0.3) is 21.1 Å². The first-order valence-electron chi connectivity index (χ1n) is 14.3. The molecule has 0 saturated carbocycles. The van der Waals surface area contributed by atoms with E-state index in [0.29, 0.717) is 17.8 Å². The molecule has 0 aliphatic heterocycles. The molecule has 0 saturated heterocycles. The van der Waals surface area contributed by atoms with Crippen molar-refractivity contribution in [3.8, 4) is 21.1 Å². The number of thiazole rings is 2. The molecule has 5 aromatic rings. The van der Waals surface area contributed by atoms with Crippen molar-refractivity contribution >= 4 is 69.0 Å². The van der Waals surface area contributed by atoms with E-state index >= 15 is 0 Å². The van der Waals surface area contributed by atoms with Crippen molar-refractivity contribution in [1.29, 1.82) is 0 Å². The first-order chi connectivity index (χ1) is 22.7. The molecule has 0 spiro atoms. The van der Waals surface area contributed by atoms with Crippen LogP contribution < -0.4 is 5.73 Å². The number of esters is 1. The van der Waals surface area contributed by atoms with E-state index in [9.17, 15) is 14.4 Å². The Balaban J connectivity index is 0.000000224. The number of hydrogen-bond donors (Lipinski definition) is 2. The van der Waals surface area contributed by atoms with Gasteiger partial charge in [-0.15, -0.1) is 34.3 Å². The molecule has 0 bridgehead atoms. The molecular formula is C35H36ClN3O5S3. The highest BCUT2D eigenvalue weighted by Crippen LogP contribution is 2.24. The summed E-state index contributed by atoms with van der Waals surface area (Å²) in [5.74, 6) is -0.834. The summed E-state index contributed by atoms with van der Waals surface area (Å²) < 4.78 is 4.20. The van der Waals surface area contributed by atoms with Crippen molar-refractivity contribution < 1.29 is 24.2 Å². The highest BCUT2D eigenvalue weighted by atomic mass is 35.5. The Morgan fingerprint density at radius 2 is 1.30 bits per heavy atom. The first-order valence-corrected chi connectivity index (χ1v) is 17.0. The second-order valence-corrected chi connectivity index (χ2v) is 12.0. The SMILES string of the molecule is CC(=O)Cc1csc(-c2ccccc2)n1.COC(=O)CC(=O)CCl.NC(=S)c1ccccc1.OCCc1csc(-c2ccccc2)n1. The molecular weight excluding hydrogens is 674 g/mol. The van der Waals surface area contributed by atoms with Crippen LogP contribution in [-0.4, -0.2) is 57.2 Å². The number of hydrogen-bond acceptors (Lipinski definition) is 10. The lowest BCUT2D eigenvalue weighted by Crippen LogP contribution is -2.09. The second kappa shape index (κ2) is 22.4. The number of methoxy groups -OCH3 is 1. The lowest BCUT2D eigenvalue weighted by atomic mass is 10.2. The number of nitrogens with two attached hydrogens (primary N) is 1. The maximum Gasteiger partial charge on any atom is 0.313 e. The van der Waals surface area contributed by atoms with Gasteiger partial charge in [0.15, 0.2) is 5.78 Å². The van der Waals surface area contributed by atoms with Crippen LogP contribution in [0.1, 0.15) is 30.3 Å². The van der Waals surface area contributed by atoms with Gasteiger partial charge in [-0.1, -0.05) is 103 Å². The van der Waals surface area contributed by atoms with Crippen molar-refractivity contribution in [2.75, 3.05) is 19.6 Å². The fourth-order valence-electron chi connectivity index (χ4n) is 3.49. The van der Waals surface area contributed by atoms with Gasteiger partial charge in [0.25, 0.3) is 0 Å². The zero-order valence-electron chi connectivity index (χ0n) is 26.0. The summed E-state index contributed by atoms with van der Waals surface area (Å²) in [7, 11) is 1.23. The van der Waals surface area contributed by atoms with Gasteiger partial charge in [-0.3, -0.25) is 14.4 Å². The van der Waals surface area contributed by atoms with Crippen LogP contribution in [0.2, 0.25) is 0 Å². The maximum atomic E-state index is 10.9. The Labute approximate surface area is 293 Å². The van der Waals surface area contributed by atoms with Gasteiger partial charge in [0.05, 0.1) is 24.4 Å². The minimum Gasteiger partial charge on any atom is -0.469 e. The van der Waals surface area contributed by atoms with Gasteiger partial charge in [-0.2, -0.15) is 0 Å². The standard InChI is InChI=1S/C12H11NOS.C11H11NOS.C7H7NS.C5H7ClO3/c1-9(14)7-11-8-15-12(13-11)10-5-3-2-4-6-10;13-7-6-10-8-14-11(12-10)9-4-2-1-3-5-9;8-7(9)6-4-2-1-3-5-6;1-9-5(8)2-4(7)3-6/h2-6,8H,7H2,1H3;1-5,8,13H,6-7H2;1-5H,(H2,8,9);2-3H2,1H3. The third kappa shape index (κ3) is 15.8. The average molecular weight is 710 g/mol. The number of nitrogens with zero attached hydrogens (tertiary/aromatic N) is 2. The summed E-state index contributed by atoms with van der Waals surface area (Å²) in [6, 6.07) is 29.6. The molecule has 3 aromatic carbocycles. The second-order valence-electron chi connectivity index (χ2n) is 9.53. The highest BCUT2D eigenvalue weighted by molar-refractivity contribution is 7.80. The third-order valence-corrected chi connectivity index (χ3v) is 8.13. The van der Waals surface area contributed by atoms with Crippen LogP contribution in [-0.2, 0) is 32.0 Å². The van der Waals surface area contributed by atoms with Gasteiger partial charge >= 0.3 is 5.97 Å². The van der Waals surface area contributed by atoms with E-state index in [1.165, 1.54) is 7.11 Å². The lowest BCUT2D eigenvalue weighted by Gasteiger charge is -1.93. The van der Waals surface area contributed by atoms with Gasteiger partial charge in [0.2, 0.25) is 0 Å².